The smallest absolute Gasteiger partial charge is 0.176 e. The second-order valence-electron chi connectivity index (χ2n) is 4.05. The Morgan fingerprint density at radius 1 is 1.22 bits per heavy atom. The van der Waals surface area contributed by atoms with Crippen molar-refractivity contribution in [1.29, 1.82) is 0 Å². The third-order valence-electron chi connectivity index (χ3n) is 2.79. The van der Waals surface area contributed by atoms with Crippen LogP contribution in [-0.4, -0.2) is 26.6 Å². The molecule has 0 amide bonds. The molecule has 0 radical (unpaired) electrons. The van der Waals surface area contributed by atoms with Crippen LogP contribution in [-0.2, 0) is 9.47 Å². The summed E-state index contributed by atoms with van der Waals surface area (Å²) in [6.07, 6.45) is -0.366. The van der Waals surface area contributed by atoms with Gasteiger partial charge in [-0.15, -0.1) is 0 Å². The minimum atomic E-state index is -0.366. The van der Waals surface area contributed by atoms with Gasteiger partial charge in [-0.3, -0.25) is 0 Å². The summed E-state index contributed by atoms with van der Waals surface area (Å²) in [4.78, 5) is 0. The highest BCUT2D eigenvalue weighted by molar-refractivity contribution is 5.27. The molecule has 0 saturated heterocycles. The summed E-state index contributed by atoms with van der Waals surface area (Å²) in [5.74, 6) is -0.196. The van der Waals surface area contributed by atoms with Crippen molar-refractivity contribution in [3.8, 4) is 0 Å². The quantitative estimate of drug-likeness (QED) is 0.760. The monoisotopic (exact) mass is 255 g/mol. The Kier molecular flexibility index (Phi) is 6.25. The highest BCUT2D eigenvalue weighted by atomic mass is 19.1. The van der Waals surface area contributed by atoms with Crippen LogP contribution in [0.15, 0.2) is 18.2 Å². The zero-order chi connectivity index (χ0) is 13.5. The number of ether oxygens (including phenoxy) is 2. The van der Waals surface area contributed by atoms with Crippen molar-refractivity contribution in [2.75, 3.05) is 20.3 Å². The van der Waals surface area contributed by atoms with Crippen molar-refractivity contribution in [1.82, 2.24) is 5.32 Å². The van der Waals surface area contributed by atoms with Crippen LogP contribution in [0.1, 0.15) is 31.0 Å². The van der Waals surface area contributed by atoms with Gasteiger partial charge in [0.25, 0.3) is 0 Å². The van der Waals surface area contributed by atoms with Gasteiger partial charge in [-0.1, -0.05) is 12.1 Å². The van der Waals surface area contributed by atoms with Crippen LogP contribution in [0.25, 0.3) is 0 Å². The van der Waals surface area contributed by atoms with E-state index in [4.69, 9.17) is 9.47 Å². The van der Waals surface area contributed by atoms with E-state index in [9.17, 15) is 4.39 Å². The van der Waals surface area contributed by atoms with Gasteiger partial charge in [-0.05, 0) is 45.0 Å². The molecule has 0 saturated carbocycles. The van der Waals surface area contributed by atoms with Crippen molar-refractivity contribution in [2.24, 2.45) is 0 Å². The molecule has 18 heavy (non-hydrogen) atoms. The molecule has 0 aliphatic rings. The maximum atomic E-state index is 13.3. The molecule has 0 bridgehead atoms. The molecule has 0 aliphatic heterocycles. The van der Waals surface area contributed by atoms with Crippen LogP contribution in [0.5, 0.6) is 0 Å². The molecule has 1 aromatic rings. The lowest BCUT2D eigenvalue weighted by molar-refractivity contribution is -0.154. The van der Waals surface area contributed by atoms with Crippen LogP contribution >= 0.6 is 0 Å². The third-order valence-corrected chi connectivity index (χ3v) is 2.79. The van der Waals surface area contributed by atoms with Crippen molar-refractivity contribution in [3.05, 3.63) is 35.1 Å². The maximum absolute atomic E-state index is 13.3. The first-order chi connectivity index (χ1) is 8.63. The fraction of sp³-hybridized carbons (Fsp3) is 0.571. The Morgan fingerprint density at radius 2 is 1.83 bits per heavy atom. The van der Waals surface area contributed by atoms with E-state index < -0.39 is 0 Å². The number of likely N-dealkylation sites (N-methyl/N-ethyl adjacent to an activating group) is 1. The lowest BCUT2D eigenvalue weighted by atomic mass is 10.0. The molecule has 0 aromatic heterocycles. The number of benzene rings is 1. The molecule has 0 heterocycles. The molecular formula is C14H22FNO2. The highest BCUT2D eigenvalue weighted by Gasteiger charge is 2.23. The van der Waals surface area contributed by atoms with Gasteiger partial charge in [0, 0.05) is 13.2 Å². The predicted octanol–water partition coefficient (Wildman–Crippen LogP) is 2.79. The summed E-state index contributed by atoms with van der Waals surface area (Å²) < 4.78 is 24.4. The predicted molar refractivity (Wildman–Crippen MR) is 70.0 cm³/mol. The van der Waals surface area contributed by atoms with Crippen molar-refractivity contribution in [2.45, 2.75) is 33.1 Å². The number of hydrogen-bond donors (Lipinski definition) is 1. The molecule has 1 N–H and O–H groups in total. The molecule has 4 heteroatoms. The molecule has 1 rings (SSSR count). The molecule has 0 spiro atoms. The van der Waals surface area contributed by atoms with Gasteiger partial charge in [0.1, 0.15) is 5.82 Å². The topological polar surface area (TPSA) is 30.5 Å². The zero-order valence-corrected chi connectivity index (χ0v) is 11.5. The van der Waals surface area contributed by atoms with Crippen LogP contribution in [0.4, 0.5) is 4.39 Å². The summed E-state index contributed by atoms with van der Waals surface area (Å²) in [5.41, 5.74) is 1.59. The van der Waals surface area contributed by atoms with Crippen molar-refractivity contribution in [3.63, 3.8) is 0 Å². The summed E-state index contributed by atoms with van der Waals surface area (Å²) >= 11 is 0. The number of halogens is 1. The van der Waals surface area contributed by atoms with Crippen molar-refractivity contribution >= 4 is 0 Å². The van der Waals surface area contributed by atoms with Gasteiger partial charge >= 0.3 is 0 Å². The van der Waals surface area contributed by atoms with E-state index in [0.29, 0.717) is 18.8 Å². The van der Waals surface area contributed by atoms with Crippen LogP contribution in [0, 0.1) is 12.7 Å². The third kappa shape index (κ3) is 3.77. The van der Waals surface area contributed by atoms with Gasteiger partial charge < -0.3 is 14.8 Å². The second-order valence-corrected chi connectivity index (χ2v) is 4.05. The average molecular weight is 255 g/mol. The van der Waals surface area contributed by atoms with E-state index in [1.165, 1.54) is 6.07 Å². The van der Waals surface area contributed by atoms with Crippen LogP contribution in [0.2, 0.25) is 0 Å². The Bertz CT molecular complexity index is 365. The number of rotatable bonds is 7. The Morgan fingerprint density at radius 3 is 2.28 bits per heavy atom. The summed E-state index contributed by atoms with van der Waals surface area (Å²) in [6, 6.07) is 4.95. The fourth-order valence-electron chi connectivity index (χ4n) is 1.89. The van der Waals surface area contributed by atoms with E-state index >= 15 is 0 Å². The Balaban J connectivity index is 2.94. The molecule has 0 aliphatic carbocycles. The Hall–Kier alpha value is -0.970. The van der Waals surface area contributed by atoms with E-state index in [1.54, 1.807) is 13.0 Å². The normalized spacial score (nSPS) is 13.0. The first-order valence-electron chi connectivity index (χ1n) is 6.30. The second kappa shape index (κ2) is 7.46. The zero-order valence-electron chi connectivity index (χ0n) is 11.5. The van der Waals surface area contributed by atoms with Gasteiger partial charge in [0.15, 0.2) is 6.29 Å². The fourth-order valence-corrected chi connectivity index (χ4v) is 1.89. The minimum Gasteiger partial charge on any atom is -0.351 e. The molecule has 0 fully saturated rings. The standard InChI is InChI=1S/C14H22FNO2/c1-5-17-14(18-6-2)13(16-4)11-7-8-12(15)10(3)9-11/h7-9,13-14,16H,5-6H2,1-4H3. The summed E-state index contributed by atoms with van der Waals surface area (Å²) in [7, 11) is 1.84. The Labute approximate surface area is 108 Å². The summed E-state index contributed by atoms with van der Waals surface area (Å²) in [6.45, 7) is 6.75. The van der Waals surface area contributed by atoms with Crippen molar-refractivity contribution < 1.29 is 13.9 Å². The molecule has 1 unspecified atom stereocenters. The molecule has 1 atom stereocenters. The number of aryl methyl sites for hydroxylation is 1. The minimum absolute atomic E-state index is 0.107. The van der Waals surface area contributed by atoms with E-state index in [0.717, 1.165) is 5.56 Å². The first-order valence-corrected chi connectivity index (χ1v) is 6.30. The number of nitrogens with one attached hydrogen (secondary N) is 1. The SMILES string of the molecule is CCOC(OCC)C(NC)c1ccc(F)c(C)c1. The van der Waals surface area contributed by atoms with E-state index in [-0.39, 0.29) is 18.1 Å². The van der Waals surface area contributed by atoms with Crippen LogP contribution in [0.3, 0.4) is 0 Å². The van der Waals surface area contributed by atoms with Gasteiger partial charge in [0.2, 0.25) is 0 Å². The van der Waals surface area contributed by atoms with Gasteiger partial charge in [-0.25, -0.2) is 4.39 Å². The largest absolute Gasteiger partial charge is 0.351 e. The molecule has 102 valence electrons. The molecule has 3 nitrogen and oxygen atoms in total. The molecule has 1 aromatic carbocycles. The lowest BCUT2D eigenvalue weighted by Crippen LogP contribution is -2.34. The average Bonchev–Trinajstić information content (AvgIpc) is 2.35. The first kappa shape index (κ1) is 15.1. The van der Waals surface area contributed by atoms with Gasteiger partial charge in [0.05, 0.1) is 6.04 Å². The van der Waals surface area contributed by atoms with Gasteiger partial charge in [-0.2, -0.15) is 0 Å². The highest BCUT2D eigenvalue weighted by Crippen LogP contribution is 2.22. The maximum Gasteiger partial charge on any atom is 0.176 e. The van der Waals surface area contributed by atoms with E-state index in [1.807, 2.05) is 27.0 Å². The lowest BCUT2D eigenvalue weighted by Gasteiger charge is -2.27. The number of hydrogen-bond acceptors (Lipinski definition) is 3. The van der Waals surface area contributed by atoms with Crippen LogP contribution < -0.4 is 5.32 Å². The summed E-state index contributed by atoms with van der Waals surface area (Å²) in [5, 5.41) is 3.16. The van der Waals surface area contributed by atoms with E-state index in [2.05, 4.69) is 5.32 Å². The molecular weight excluding hydrogens is 233 g/mol.